The fourth-order valence-corrected chi connectivity index (χ4v) is 14.2. The van der Waals surface area contributed by atoms with Crippen molar-refractivity contribution in [2.24, 2.45) is 0 Å². The average Bonchev–Trinajstić information content (AvgIpc) is 0.837. The summed E-state index contributed by atoms with van der Waals surface area (Å²) in [6, 6.07) is 117. The monoisotopic (exact) mass is 1520 g/mol. The summed E-state index contributed by atoms with van der Waals surface area (Å²) in [7, 11) is 3.44. The number of hydrogen-bond acceptors (Lipinski definition) is 14. The summed E-state index contributed by atoms with van der Waals surface area (Å²) in [5.41, 5.74) is 13.9. The summed E-state index contributed by atoms with van der Waals surface area (Å²) in [6.45, 7) is 3.99. The lowest BCUT2D eigenvalue weighted by atomic mass is 10.2. The highest BCUT2D eigenvalue weighted by atomic mass is 33.1. The van der Waals surface area contributed by atoms with Crippen LogP contribution in [-0.4, -0.2) is 0 Å². The Hall–Kier alpha value is -12.6. The first-order valence-corrected chi connectivity index (χ1v) is 39.8. The molecular weight excluding hydrogens is 1430 g/mol. The Morgan fingerprint density at radius 2 is 0.241 bits per heavy atom. The lowest BCUT2D eigenvalue weighted by Crippen LogP contribution is -2.03. The van der Waals surface area contributed by atoms with E-state index >= 15 is 0 Å². The lowest BCUT2D eigenvalue weighted by molar-refractivity contribution is 0.276. The van der Waals surface area contributed by atoms with E-state index in [-0.39, 0.29) is 26.4 Å². The Balaban J connectivity index is 0.727. The minimum absolute atomic E-state index is 0.216. The van der Waals surface area contributed by atoms with Gasteiger partial charge in [0, 0.05) is 47.9 Å². The Morgan fingerprint density at radius 1 is 0.125 bits per heavy atom. The summed E-state index contributed by atoms with van der Waals surface area (Å²) >= 11 is 0. The van der Waals surface area contributed by atoms with E-state index in [1.54, 1.807) is 21.6 Å². The van der Waals surface area contributed by atoms with Crippen molar-refractivity contribution in [3.63, 3.8) is 0 Å². The molecule has 0 bridgehead atoms. The van der Waals surface area contributed by atoms with Gasteiger partial charge in [-0.05, 0) is 151 Å². The molecule has 14 rings (SSSR count). The van der Waals surface area contributed by atoms with Crippen molar-refractivity contribution in [2.75, 3.05) is 0 Å². The Morgan fingerprint density at radius 3 is 0.375 bits per heavy atom. The van der Waals surface area contributed by atoms with Crippen LogP contribution in [-0.2, 0) is 90.8 Å². The topological polar surface area (TPSA) is 111 Å². The Labute approximate surface area is 663 Å². The van der Waals surface area contributed by atoms with Crippen molar-refractivity contribution in [2.45, 2.75) is 90.8 Å². The maximum absolute atomic E-state index is 6.80. The van der Waals surface area contributed by atoms with Gasteiger partial charge in [-0.2, -0.15) is 0 Å². The summed E-state index contributed by atoms with van der Waals surface area (Å²) in [5.74, 6) is 9.06. The number of rotatable bonds is 41. The van der Waals surface area contributed by atoms with Crippen LogP contribution in [0.3, 0.4) is 0 Å². The van der Waals surface area contributed by atoms with Gasteiger partial charge < -0.3 is 56.8 Å². The van der Waals surface area contributed by atoms with Crippen LogP contribution in [0.15, 0.2) is 352 Å². The maximum atomic E-state index is 6.80. The summed E-state index contributed by atoms with van der Waals surface area (Å²) in [4.78, 5) is 0. The fraction of sp³-hybridized carbons (Fsp3) is 0.143. The number of hydrogen-bond donors (Lipinski definition) is 0. The van der Waals surface area contributed by atoms with Gasteiger partial charge in [0.05, 0.1) is 0 Å². The third-order valence-corrected chi connectivity index (χ3v) is 20.1. The molecule has 0 atom stereocenters. The maximum Gasteiger partial charge on any atom is 0.123 e. The predicted molar refractivity (Wildman–Crippen MR) is 445 cm³/mol. The number of benzene rings is 14. The molecule has 562 valence electrons. The van der Waals surface area contributed by atoms with Crippen molar-refractivity contribution in [1.82, 2.24) is 0 Å². The molecule has 14 aromatic rings. The molecule has 0 spiro atoms. The molecule has 0 amide bonds. The van der Waals surface area contributed by atoms with Gasteiger partial charge in [0.2, 0.25) is 0 Å². The molecule has 0 unspecified atom stereocenters. The second kappa shape index (κ2) is 40.7. The quantitative estimate of drug-likeness (QED) is 0.0268. The van der Waals surface area contributed by atoms with Crippen LogP contribution >= 0.6 is 21.6 Å². The lowest BCUT2D eigenvalue weighted by Gasteiger charge is -2.16. The molecule has 0 saturated carbocycles. The van der Waals surface area contributed by atoms with Gasteiger partial charge in [-0.1, -0.05) is 264 Å². The predicted octanol–water partition coefficient (Wildman–Crippen LogP) is 23.7. The van der Waals surface area contributed by atoms with E-state index in [9.17, 15) is 0 Å². The molecule has 14 aromatic carbocycles. The largest absolute Gasteiger partial charge is 0.489 e. The molecule has 0 aromatic heterocycles. The van der Waals surface area contributed by atoms with Crippen LogP contribution < -0.4 is 56.8 Å². The third kappa shape index (κ3) is 25.0. The van der Waals surface area contributed by atoms with Crippen LogP contribution in [0.25, 0.3) is 0 Å². The molecule has 14 heteroatoms. The molecule has 0 radical (unpaired) electrons. The van der Waals surface area contributed by atoms with E-state index in [1.807, 2.05) is 231 Å². The molecule has 12 nitrogen and oxygen atoms in total. The first-order valence-electron chi connectivity index (χ1n) is 37.3. The van der Waals surface area contributed by atoms with Crippen LogP contribution in [0.4, 0.5) is 0 Å². The van der Waals surface area contributed by atoms with Gasteiger partial charge in [-0.3, -0.25) is 0 Å². The summed E-state index contributed by atoms with van der Waals surface area (Å²) in [5, 5.41) is 0. The third-order valence-electron chi connectivity index (χ3n) is 17.8. The molecule has 0 heterocycles. The van der Waals surface area contributed by atoms with E-state index in [0.29, 0.717) is 133 Å². The van der Waals surface area contributed by atoms with E-state index in [1.165, 1.54) is 0 Å². The van der Waals surface area contributed by atoms with Gasteiger partial charge in [0.25, 0.3) is 0 Å². The second-order valence-electron chi connectivity index (χ2n) is 26.7. The molecule has 0 fully saturated rings. The smallest absolute Gasteiger partial charge is 0.123 e. The highest BCUT2D eigenvalue weighted by molar-refractivity contribution is 8.76. The molecule has 0 aliphatic carbocycles. The Bertz CT molecular complexity index is 4300. The van der Waals surface area contributed by atoms with Crippen LogP contribution in [0.5, 0.6) is 69.0 Å². The molecule has 0 aliphatic heterocycles. The molecule has 0 N–H and O–H groups in total. The van der Waals surface area contributed by atoms with Crippen molar-refractivity contribution in [3.05, 3.63) is 430 Å². The van der Waals surface area contributed by atoms with Crippen LogP contribution in [0.1, 0.15) is 77.9 Å². The molecule has 0 aliphatic rings. The fourth-order valence-electron chi connectivity index (χ4n) is 12.1. The standard InChI is InChI=1S/C98H86O12S2/c1-9-25-73(26-10-1)59-99-87-41-81(42-88(53-87)100-60-74-27-11-2-12-28-74)67-107-95-49-85(50-96(57-95)108-68-82-43-89(101-61-75-29-13-3-14-30-75)54-90(44-82)102-62-76-31-15-4-16-32-76)71-111-112-72-86-51-97(109-69-83-45-91(103-63-77-33-17-5-18-34-77)55-92(46-83)104-64-78-35-19-6-20-36-78)58-98(52-86)110-70-84-47-93(105-65-79-37-21-7-22-38-79)56-94(48-84)106-66-80-39-23-8-24-40-80/h1-58H,59-72H2. The van der Waals surface area contributed by atoms with Crippen molar-refractivity contribution >= 4 is 21.6 Å². The molecule has 112 heavy (non-hydrogen) atoms. The molecular formula is C98H86O12S2. The van der Waals surface area contributed by atoms with E-state index < -0.39 is 0 Å². The SMILES string of the molecule is c1ccc(COc2cc(COc3cc(CSSCc4cc(OCc5cc(OCc6ccccc6)cc(OCc6ccccc6)c5)cc(OCc5cc(OCc6ccccc6)cc(OCc6ccccc6)c5)c4)cc(OCc4cc(OCc5ccccc5)cc(OCc5ccccc5)c4)c3)cc(OCc3ccccc3)c2)cc1. The highest BCUT2D eigenvalue weighted by Crippen LogP contribution is 2.38. The van der Waals surface area contributed by atoms with Crippen LogP contribution in [0.2, 0.25) is 0 Å². The highest BCUT2D eigenvalue weighted by Gasteiger charge is 2.16. The first-order chi connectivity index (χ1) is 55.3. The van der Waals surface area contributed by atoms with Gasteiger partial charge >= 0.3 is 0 Å². The van der Waals surface area contributed by atoms with Crippen molar-refractivity contribution in [3.8, 4) is 69.0 Å². The number of ether oxygens (including phenoxy) is 12. The van der Waals surface area contributed by atoms with Gasteiger partial charge in [-0.25, -0.2) is 0 Å². The second-order valence-corrected chi connectivity index (χ2v) is 29.2. The summed E-state index contributed by atoms with van der Waals surface area (Å²) < 4.78 is 78.6. The molecule has 0 saturated heterocycles. The van der Waals surface area contributed by atoms with Crippen molar-refractivity contribution in [1.29, 1.82) is 0 Å². The zero-order valence-electron chi connectivity index (χ0n) is 62.1. The van der Waals surface area contributed by atoms with Crippen LogP contribution in [0, 0.1) is 0 Å². The minimum atomic E-state index is 0.216. The van der Waals surface area contributed by atoms with E-state index in [0.717, 1.165) is 77.9 Å². The zero-order valence-corrected chi connectivity index (χ0v) is 63.7. The average molecular weight is 1520 g/mol. The van der Waals surface area contributed by atoms with Gasteiger partial charge in [0.15, 0.2) is 0 Å². The zero-order chi connectivity index (χ0) is 75.8. The van der Waals surface area contributed by atoms with Gasteiger partial charge in [-0.15, -0.1) is 0 Å². The summed E-state index contributed by atoms with van der Waals surface area (Å²) in [6.07, 6.45) is 0. The van der Waals surface area contributed by atoms with E-state index in [2.05, 4.69) is 121 Å². The minimum Gasteiger partial charge on any atom is -0.489 e. The van der Waals surface area contributed by atoms with Gasteiger partial charge in [0.1, 0.15) is 148 Å². The normalized spacial score (nSPS) is 10.9. The van der Waals surface area contributed by atoms with Crippen molar-refractivity contribution < 1.29 is 56.8 Å². The Kier molecular flexibility index (Phi) is 27.7. The van der Waals surface area contributed by atoms with E-state index in [4.69, 9.17) is 56.8 Å². The first kappa shape index (κ1) is 76.2.